The number of carbonyl (C=O) groups is 1. The van der Waals surface area contributed by atoms with E-state index in [-0.39, 0.29) is 11.7 Å². The first-order valence-corrected chi connectivity index (χ1v) is 9.76. The second-order valence-corrected chi connectivity index (χ2v) is 7.89. The van der Waals surface area contributed by atoms with Crippen molar-refractivity contribution in [1.82, 2.24) is 19.4 Å². The summed E-state index contributed by atoms with van der Waals surface area (Å²) in [5.41, 5.74) is -0.746. The minimum atomic E-state index is -1.00. The number of likely N-dealkylation sites (tertiary alicyclic amines) is 1. The summed E-state index contributed by atoms with van der Waals surface area (Å²) >= 11 is -1.00. The van der Waals surface area contributed by atoms with Gasteiger partial charge in [-0.25, -0.2) is 0 Å². The number of aromatic nitrogens is 2. The molecular weight excluding hydrogens is 332 g/mol. The highest BCUT2D eigenvalue weighted by Gasteiger charge is 2.35. The van der Waals surface area contributed by atoms with Crippen molar-refractivity contribution in [2.75, 3.05) is 38.7 Å². The molecule has 1 amide bonds. The highest BCUT2D eigenvalue weighted by molar-refractivity contribution is 7.90. The zero-order valence-electron chi connectivity index (χ0n) is 13.9. The maximum Gasteiger partial charge on any atom is 0.315 e. The van der Waals surface area contributed by atoms with Crippen LogP contribution >= 0.6 is 0 Å². The van der Waals surface area contributed by atoms with Gasteiger partial charge in [-0.3, -0.25) is 14.5 Å². The lowest BCUT2D eigenvalue weighted by Gasteiger charge is -2.33. The van der Waals surface area contributed by atoms with Crippen LogP contribution in [-0.2, 0) is 17.7 Å². The molecule has 9 heteroatoms. The zero-order valence-corrected chi connectivity index (χ0v) is 14.7. The van der Waals surface area contributed by atoms with Crippen LogP contribution in [0, 0.1) is 0 Å². The molecule has 1 aromatic heterocycles. The highest BCUT2D eigenvalue weighted by atomic mass is 32.2. The summed E-state index contributed by atoms with van der Waals surface area (Å²) in [7, 11) is 1.97. The molecule has 0 spiro atoms. The predicted molar refractivity (Wildman–Crippen MR) is 89.6 cm³/mol. The quantitative estimate of drug-likeness (QED) is 0.735. The van der Waals surface area contributed by atoms with Crippen molar-refractivity contribution in [3.05, 3.63) is 21.9 Å². The minimum absolute atomic E-state index is 0.0124. The first-order chi connectivity index (χ1) is 11.4. The van der Waals surface area contributed by atoms with Gasteiger partial charge in [-0.15, -0.1) is 0 Å². The molecular formula is C15H22N4O4S. The summed E-state index contributed by atoms with van der Waals surface area (Å²) in [5.74, 6) is -0.0581. The van der Waals surface area contributed by atoms with Gasteiger partial charge in [0.2, 0.25) is 5.75 Å². The van der Waals surface area contributed by atoms with Crippen molar-refractivity contribution < 1.29 is 14.5 Å². The number of hydrogen-bond donors (Lipinski definition) is 1. The second kappa shape index (κ2) is 6.73. The number of aromatic hydroxyl groups is 1. The lowest BCUT2D eigenvalue weighted by atomic mass is 10.1. The molecule has 1 saturated heterocycles. The number of fused-ring (bicyclic) bond motifs is 1. The molecule has 0 bridgehead atoms. The molecule has 2 aliphatic heterocycles. The summed E-state index contributed by atoms with van der Waals surface area (Å²) in [5, 5.41) is 10.1. The van der Waals surface area contributed by atoms with Crippen LogP contribution < -0.4 is 5.56 Å². The third-order valence-corrected chi connectivity index (χ3v) is 5.50. The van der Waals surface area contributed by atoms with Crippen LogP contribution in [0.5, 0.6) is 5.75 Å². The molecule has 2 unspecified atom stereocenters. The Hall–Kier alpha value is -1.58. The Morgan fingerprint density at radius 3 is 2.71 bits per heavy atom. The van der Waals surface area contributed by atoms with Gasteiger partial charge in [0.25, 0.3) is 5.91 Å². The highest BCUT2D eigenvalue weighted by Crippen LogP contribution is 2.31. The van der Waals surface area contributed by atoms with Gasteiger partial charge in [0.15, 0.2) is 5.69 Å². The van der Waals surface area contributed by atoms with Crippen molar-refractivity contribution in [2.45, 2.75) is 25.4 Å². The molecule has 1 aromatic rings. The fraction of sp³-hybridized carbons (Fsp3) is 0.667. The molecule has 2 atom stereocenters. The average molecular weight is 354 g/mol. The van der Waals surface area contributed by atoms with E-state index in [1.54, 1.807) is 10.8 Å². The Balaban J connectivity index is 1.99. The topological polar surface area (TPSA) is 102 Å². The average Bonchev–Trinajstić information content (AvgIpc) is 2.95. The van der Waals surface area contributed by atoms with E-state index in [1.807, 2.05) is 7.05 Å². The van der Waals surface area contributed by atoms with Crippen molar-refractivity contribution in [1.29, 1.82) is 0 Å². The Labute approximate surface area is 143 Å². The van der Waals surface area contributed by atoms with Gasteiger partial charge in [0, 0.05) is 13.1 Å². The monoisotopic (exact) mass is 354 g/mol. The summed E-state index contributed by atoms with van der Waals surface area (Å²) in [6.45, 7) is 2.18. The molecule has 3 heterocycles. The number of carbonyl (C=O) groups excluding carboxylic acids is 1. The molecule has 1 fully saturated rings. The Morgan fingerprint density at radius 1 is 1.33 bits per heavy atom. The molecule has 0 saturated carbocycles. The fourth-order valence-electron chi connectivity index (χ4n) is 3.42. The van der Waals surface area contributed by atoms with Crippen molar-refractivity contribution in [3.8, 4) is 5.75 Å². The van der Waals surface area contributed by atoms with Crippen LogP contribution in [0.15, 0.2) is 4.79 Å². The van der Waals surface area contributed by atoms with Gasteiger partial charge >= 0.3 is 5.56 Å². The molecule has 24 heavy (non-hydrogen) atoms. The van der Waals surface area contributed by atoms with E-state index in [1.165, 1.54) is 4.90 Å². The summed E-state index contributed by atoms with van der Waals surface area (Å²) in [4.78, 5) is 32.5. The zero-order chi connectivity index (χ0) is 17.4. The maximum atomic E-state index is 12.7. The van der Waals surface area contributed by atoms with Crippen LogP contribution in [-0.4, -0.2) is 73.6 Å². The molecule has 0 aliphatic carbocycles. The number of amides is 1. The maximum absolute atomic E-state index is 12.7. The van der Waals surface area contributed by atoms with E-state index in [2.05, 4.69) is 9.88 Å². The molecule has 0 aromatic carbocycles. The standard InChI is InChI=1S/C15H22N4O4S/c1-17-5-3-4-10(17)13-16-14(21)12(20)11-15(22)18(6-7-19(11)13)8-9-24(2)23/h10,20H,3-9H2,1-2H3. The van der Waals surface area contributed by atoms with Gasteiger partial charge in [0.05, 0.1) is 18.8 Å². The van der Waals surface area contributed by atoms with Crippen LogP contribution in [0.1, 0.15) is 35.2 Å². The van der Waals surface area contributed by atoms with Gasteiger partial charge in [-0.05, 0) is 26.4 Å². The van der Waals surface area contributed by atoms with Gasteiger partial charge in [-0.2, -0.15) is 4.98 Å². The van der Waals surface area contributed by atoms with E-state index in [0.29, 0.717) is 31.2 Å². The van der Waals surface area contributed by atoms with Crippen LogP contribution in [0.25, 0.3) is 0 Å². The number of rotatable bonds is 4. The first-order valence-electron chi connectivity index (χ1n) is 8.03. The predicted octanol–water partition coefficient (Wildman–Crippen LogP) is -0.450. The first kappa shape index (κ1) is 17.2. The largest absolute Gasteiger partial charge is 0.617 e. The normalized spacial score (nSPS) is 22.7. The number of hydrogen-bond acceptors (Lipinski definition) is 6. The van der Waals surface area contributed by atoms with Gasteiger partial charge in [-0.1, -0.05) is 11.2 Å². The SMILES string of the molecule is CN1CCCC1c1nc(=O)c(O)c2n1CCN(CC[S+](C)[O-])C2=O. The number of nitrogens with zero attached hydrogens (tertiary/aromatic N) is 4. The molecule has 0 radical (unpaired) electrons. The van der Waals surface area contributed by atoms with Crippen LogP contribution in [0.3, 0.4) is 0 Å². The Morgan fingerprint density at radius 2 is 2.08 bits per heavy atom. The van der Waals surface area contributed by atoms with Crippen molar-refractivity contribution in [3.63, 3.8) is 0 Å². The molecule has 2 aliphatic rings. The van der Waals surface area contributed by atoms with Crippen LogP contribution in [0.2, 0.25) is 0 Å². The summed E-state index contributed by atoms with van der Waals surface area (Å²) in [6, 6.07) is -0.0143. The van der Waals surface area contributed by atoms with E-state index in [4.69, 9.17) is 0 Å². The van der Waals surface area contributed by atoms with Crippen molar-refractivity contribution >= 4 is 17.1 Å². The van der Waals surface area contributed by atoms with E-state index >= 15 is 0 Å². The van der Waals surface area contributed by atoms with Gasteiger partial charge < -0.3 is 19.1 Å². The third-order valence-electron chi connectivity index (χ3n) is 4.74. The lowest BCUT2D eigenvalue weighted by Crippen LogP contribution is -2.45. The molecule has 1 N–H and O–H groups in total. The van der Waals surface area contributed by atoms with Gasteiger partial charge in [0.1, 0.15) is 11.6 Å². The molecule has 8 nitrogen and oxygen atoms in total. The van der Waals surface area contributed by atoms with E-state index in [9.17, 15) is 19.2 Å². The second-order valence-electron chi connectivity index (χ2n) is 6.33. The smallest absolute Gasteiger partial charge is 0.315 e. The minimum Gasteiger partial charge on any atom is -0.617 e. The lowest BCUT2D eigenvalue weighted by molar-refractivity contribution is 0.0701. The van der Waals surface area contributed by atoms with Crippen molar-refractivity contribution in [2.24, 2.45) is 0 Å². The van der Waals surface area contributed by atoms with E-state index < -0.39 is 28.4 Å². The molecule has 132 valence electrons. The summed E-state index contributed by atoms with van der Waals surface area (Å²) in [6.07, 6.45) is 3.47. The fourth-order valence-corrected chi connectivity index (χ4v) is 3.90. The Bertz CT molecular complexity index is 705. The van der Waals surface area contributed by atoms with E-state index in [0.717, 1.165) is 19.4 Å². The van der Waals surface area contributed by atoms with Crippen LogP contribution in [0.4, 0.5) is 0 Å². The summed E-state index contributed by atoms with van der Waals surface area (Å²) < 4.78 is 13.0. The Kier molecular flexibility index (Phi) is 4.84. The molecule has 3 rings (SSSR count). The third kappa shape index (κ3) is 3.03.